The third kappa shape index (κ3) is 4.68. The predicted molar refractivity (Wildman–Crippen MR) is 80.1 cm³/mol. The van der Waals surface area contributed by atoms with E-state index < -0.39 is 0 Å². The molecular weight excluding hydrogens is 256 g/mol. The molecule has 1 aromatic rings. The van der Waals surface area contributed by atoms with Crippen LogP contribution in [0.2, 0.25) is 0 Å². The molecule has 1 rings (SSSR count). The molecule has 6 heteroatoms. The van der Waals surface area contributed by atoms with Gasteiger partial charge >= 0.3 is 5.97 Å². The van der Waals surface area contributed by atoms with Gasteiger partial charge in [0.25, 0.3) is 0 Å². The first-order valence-electron chi connectivity index (χ1n) is 7.04. The zero-order valence-corrected chi connectivity index (χ0v) is 12.7. The van der Waals surface area contributed by atoms with Crippen molar-refractivity contribution in [2.24, 2.45) is 0 Å². The van der Waals surface area contributed by atoms with Crippen molar-refractivity contribution < 1.29 is 9.53 Å². The number of rotatable bonds is 8. The number of anilines is 2. The number of esters is 1. The molecule has 0 fully saturated rings. The highest BCUT2D eigenvalue weighted by Crippen LogP contribution is 2.20. The van der Waals surface area contributed by atoms with Crippen LogP contribution in [0.5, 0.6) is 0 Å². The Balaban J connectivity index is 2.83. The van der Waals surface area contributed by atoms with E-state index in [9.17, 15) is 4.79 Å². The van der Waals surface area contributed by atoms with Gasteiger partial charge in [-0.1, -0.05) is 6.92 Å². The summed E-state index contributed by atoms with van der Waals surface area (Å²) in [5.41, 5.74) is 0.969. The SMILES string of the molecule is CCCc1nc(NCC)c(C)c(NCCC(=O)OC)n1. The summed E-state index contributed by atoms with van der Waals surface area (Å²) in [4.78, 5) is 20.1. The maximum Gasteiger partial charge on any atom is 0.307 e. The maximum atomic E-state index is 11.1. The third-order valence-corrected chi connectivity index (χ3v) is 2.86. The molecule has 0 radical (unpaired) electrons. The van der Waals surface area contributed by atoms with E-state index in [0.29, 0.717) is 13.0 Å². The number of aromatic nitrogens is 2. The van der Waals surface area contributed by atoms with Crippen LogP contribution < -0.4 is 10.6 Å². The van der Waals surface area contributed by atoms with Crippen LogP contribution in [-0.4, -0.2) is 36.1 Å². The average molecular weight is 280 g/mol. The van der Waals surface area contributed by atoms with E-state index in [2.05, 4.69) is 32.3 Å². The van der Waals surface area contributed by atoms with Crippen LogP contribution in [0.4, 0.5) is 11.6 Å². The Bertz CT molecular complexity index is 449. The molecule has 112 valence electrons. The molecule has 20 heavy (non-hydrogen) atoms. The van der Waals surface area contributed by atoms with Gasteiger partial charge in [0.15, 0.2) is 0 Å². The number of ether oxygens (including phenoxy) is 1. The van der Waals surface area contributed by atoms with E-state index >= 15 is 0 Å². The molecule has 0 saturated carbocycles. The first-order valence-corrected chi connectivity index (χ1v) is 7.04. The summed E-state index contributed by atoms with van der Waals surface area (Å²) in [6, 6.07) is 0. The van der Waals surface area contributed by atoms with Crippen molar-refractivity contribution in [1.82, 2.24) is 9.97 Å². The second-order valence-corrected chi connectivity index (χ2v) is 4.50. The monoisotopic (exact) mass is 280 g/mol. The molecule has 0 atom stereocenters. The highest BCUT2D eigenvalue weighted by molar-refractivity contribution is 5.70. The molecule has 0 saturated heterocycles. The van der Waals surface area contributed by atoms with Crippen molar-refractivity contribution in [2.75, 3.05) is 30.8 Å². The minimum absolute atomic E-state index is 0.232. The minimum atomic E-state index is -0.232. The standard InChI is InChI=1S/C14H24N4O2/c1-5-7-11-17-13(15-6-2)10(3)14(18-11)16-9-8-12(19)20-4/h5-9H2,1-4H3,(H2,15,16,17,18). The topological polar surface area (TPSA) is 76.1 Å². The summed E-state index contributed by atoms with van der Waals surface area (Å²) < 4.78 is 4.62. The minimum Gasteiger partial charge on any atom is -0.469 e. The molecule has 0 aliphatic heterocycles. The van der Waals surface area contributed by atoms with Gasteiger partial charge in [0.05, 0.1) is 13.5 Å². The molecule has 0 aliphatic rings. The molecule has 6 nitrogen and oxygen atoms in total. The molecule has 0 unspecified atom stereocenters. The smallest absolute Gasteiger partial charge is 0.307 e. The van der Waals surface area contributed by atoms with E-state index in [4.69, 9.17) is 0 Å². The summed E-state index contributed by atoms with van der Waals surface area (Å²) in [6.45, 7) is 7.41. The molecule has 0 aliphatic carbocycles. The van der Waals surface area contributed by atoms with Gasteiger partial charge in [0.2, 0.25) is 0 Å². The number of carbonyl (C=O) groups excluding carboxylic acids is 1. The van der Waals surface area contributed by atoms with Crippen molar-refractivity contribution in [2.45, 2.75) is 40.0 Å². The number of nitrogens with one attached hydrogen (secondary N) is 2. The molecule has 1 heterocycles. The molecule has 0 amide bonds. The van der Waals surface area contributed by atoms with Gasteiger partial charge in [-0.25, -0.2) is 9.97 Å². The van der Waals surface area contributed by atoms with Crippen LogP contribution in [0, 0.1) is 6.92 Å². The van der Waals surface area contributed by atoms with Crippen LogP contribution in [0.1, 0.15) is 38.1 Å². The van der Waals surface area contributed by atoms with Gasteiger partial charge in [-0.05, 0) is 20.3 Å². The summed E-state index contributed by atoms with van der Waals surface area (Å²) in [5, 5.41) is 6.43. The van der Waals surface area contributed by atoms with Gasteiger partial charge in [-0.3, -0.25) is 4.79 Å². The van der Waals surface area contributed by atoms with Crippen molar-refractivity contribution in [1.29, 1.82) is 0 Å². The number of carbonyl (C=O) groups is 1. The van der Waals surface area contributed by atoms with Crippen molar-refractivity contribution in [3.63, 3.8) is 0 Å². The number of nitrogens with zero attached hydrogens (tertiary/aromatic N) is 2. The van der Waals surface area contributed by atoms with E-state index in [1.165, 1.54) is 7.11 Å². The lowest BCUT2D eigenvalue weighted by molar-refractivity contribution is -0.140. The van der Waals surface area contributed by atoms with E-state index in [-0.39, 0.29) is 5.97 Å². The summed E-state index contributed by atoms with van der Waals surface area (Å²) in [5.74, 6) is 2.22. The number of hydrogen-bond donors (Lipinski definition) is 2. The Morgan fingerprint density at radius 3 is 2.40 bits per heavy atom. The fraction of sp³-hybridized carbons (Fsp3) is 0.643. The fourth-order valence-corrected chi connectivity index (χ4v) is 1.80. The predicted octanol–water partition coefficient (Wildman–Crippen LogP) is 2.14. The lowest BCUT2D eigenvalue weighted by atomic mass is 10.2. The van der Waals surface area contributed by atoms with Crippen molar-refractivity contribution >= 4 is 17.6 Å². The summed E-state index contributed by atoms with van der Waals surface area (Å²) >= 11 is 0. The normalized spacial score (nSPS) is 10.2. The van der Waals surface area contributed by atoms with Gasteiger partial charge < -0.3 is 15.4 Å². The molecule has 0 spiro atoms. The highest BCUT2D eigenvalue weighted by Gasteiger charge is 2.10. The van der Waals surface area contributed by atoms with Gasteiger partial charge in [0, 0.05) is 25.1 Å². The van der Waals surface area contributed by atoms with Crippen LogP contribution in [0.25, 0.3) is 0 Å². The van der Waals surface area contributed by atoms with Gasteiger partial charge in [-0.15, -0.1) is 0 Å². The largest absolute Gasteiger partial charge is 0.469 e. The molecule has 2 N–H and O–H groups in total. The number of hydrogen-bond acceptors (Lipinski definition) is 6. The first-order chi connectivity index (χ1) is 9.62. The lowest BCUT2D eigenvalue weighted by Gasteiger charge is -2.14. The molecule has 0 bridgehead atoms. The molecular formula is C14H24N4O2. The van der Waals surface area contributed by atoms with E-state index in [1.54, 1.807) is 0 Å². The van der Waals surface area contributed by atoms with Crippen LogP contribution in [-0.2, 0) is 16.0 Å². The summed E-state index contributed by atoms with van der Waals surface area (Å²) in [6.07, 6.45) is 2.15. The van der Waals surface area contributed by atoms with Crippen molar-refractivity contribution in [3.8, 4) is 0 Å². The zero-order valence-electron chi connectivity index (χ0n) is 12.7. The number of aryl methyl sites for hydroxylation is 1. The van der Waals surface area contributed by atoms with Crippen molar-refractivity contribution in [3.05, 3.63) is 11.4 Å². The van der Waals surface area contributed by atoms with Crippen LogP contribution in [0.15, 0.2) is 0 Å². The Hall–Kier alpha value is -1.85. The van der Waals surface area contributed by atoms with E-state index in [0.717, 1.165) is 42.4 Å². The number of methoxy groups -OCH3 is 1. The van der Waals surface area contributed by atoms with E-state index in [1.807, 2.05) is 13.8 Å². The quantitative estimate of drug-likeness (QED) is 0.711. The fourth-order valence-electron chi connectivity index (χ4n) is 1.80. The van der Waals surface area contributed by atoms with Crippen LogP contribution >= 0.6 is 0 Å². The third-order valence-electron chi connectivity index (χ3n) is 2.86. The van der Waals surface area contributed by atoms with Crippen LogP contribution in [0.3, 0.4) is 0 Å². The molecule has 1 aromatic heterocycles. The maximum absolute atomic E-state index is 11.1. The average Bonchev–Trinajstić information content (AvgIpc) is 2.43. The second-order valence-electron chi connectivity index (χ2n) is 4.50. The van der Waals surface area contributed by atoms with Gasteiger partial charge in [0.1, 0.15) is 17.5 Å². The first kappa shape index (κ1) is 16.2. The highest BCUT2D eigenvalue weighted by atomic mass is 16.5. The lowest BCUT2D eigenvalue weighted by Crippen LogP contribution is -2.14. The summed E-state index contributed by atoms with van der Waals surface area (Å²) in [7, 11) is 1.39. The Morgan fingerprint density at radius 2 is 1.85 bits per heavy atom. The second kappa shape index (κ2) is 8.35. The Morgan fingerprint density at radius 1 is 1.20 bits per heavy atom. The Labute approximate surface area is 120 Å². The molecule has 0 aromatic carbocycles. The van der Waals surface area contributed by atoms with Gasteiger partial charge in [-0.2, -0.15) is 0 Å². The zero-order chi connectivity index (χ0) is 15.0. The Kier molecular flexibility index (Phi) is 6.76.